The van der Waals surface area contributed by atoms with Crippen LogP contribution in [0.15, 0.2) is 29.8 Å². The first-order valence-electron chi connectivity index (χ1n) is 9.21. The molecule has 0 saturated carbocycles. The number of rotatable bonds is 9. The summed E-state index contributed by atoms with van der Waals surface area (Å²) in [7, 11) is 3.23. The standard InChI is InChI=1S/C20H24N4O4S/c1-13(25)21-7-4-8-22-19(26)9-14-12-29-20-23-17(11-24(14)20)16-10-15(27-2)5-6-18(16)28-3/h5-6,10-12H,4,7-9H2,1-3H3,(H,21,25)(H,22,26). The number of carbonyl (C=O) groups excluding carboxylic acids is 2. The summed E-state index contributed by atoms with van der Waals surface area (Å²) < 4.78 is 12.7. The summed E-state index contributed by atoms with van der Waals surface area (Å²) in [6, 6.07) is 5.56. The van der Waals surface area contributed by atoms with Crippen LogP contribution in [0.25, 0.3) is 16.2 Å². The first-order chi connectivity index (χ1) is 14.0. The molecule has 9 heteroatoms. The van der Waals surface area contributed by atoms with Crippen molar-refractivity contribution < 1.29 is 19.1 Å². The summed E-state index contributed by atoms with van der Waals surface area (Å²) in [4.78, 5) is 28.6. The first kappa shape index (κ1) is 20.7. The number of fused-ring (bicyclic) bond motifs is 1. The number of thiazole rings is 1. The molecule has 2 N–H and O–H groups in total. The van der Waals surface area contributed by atoms with Crippen molar-refractivity contribution in [3.63, 3.8) is 0 Å². The van der Waals surface area contributed by atoms with Crippen LogP contribution >= 0.6 is 11.3 Å². The predicted octanol–water partition coefficient (Wildman–Crippen LogP) is 2.26. The third-order valence-electron chi connectivity index (χ3n) is 4.36. The number of amides is 2. The van der Waals surface area contributed by atoms with Crippen molar-refractivity contribution in [2.24, 2.45) is 0 Å². The lowest BCUT2D eigenvalue weighted by molar-refractivity contribution is -0.120. The summed E-state index contributed by atoms with van der Waals surface area (Å²) in [6.07, 6.45) is 2.85. The average Bonchev–Trinajstić information content (AvgIpc) is 3.29. The van der Waals surface area contributed by atoms with Crippen LogP contribution in [-0.4, -0.2) is 48.5 Å². The van der Waals surface area contributed by atoms with Gasteiger partial charge in [-0.2, -0.15) is 0 Å². The molecule has 0 aliphatic rings. The molecule has 0 unspecified atom stereocenters. The van der Waals surface area contributed by atoms with Crippen molar-refractivity contribution in [2.45, 2.75) is 19.8 Å². The van der Waals surface area contributed by atoms with E-state index in [4.69, 9.17) is 9.47 Å². The van der Waals surface area contributed by atoms with Crippen molar-refractivity contribution in [1.29, 1.82) is 0 Å². The van der Waals surface area contributed by atoms with Gasteiger partial charge >= 0.3 is 0 Å². The van der Waals surface area contributed by atoms with Gasteiger partial charge in [0.25, 0.3) is 0 Å². The van der Waals surface area contributed by atoms with Gasteiger partial charge in [0.15, 0.2) is 4.96 Å². The summed E-state index contributed by atoms with van der Waals surface area (Å²) in [6.45, 7) is 2.54. The summed E-state index contributed by atoms with van der Waals surface area (Å²) in [5, 5.41) is 7.52. The third kappa shape index (κ3) is 5.05. The molecule has 0 radical (unpaired) electrons. The molecule has 1 aromatic carbocycles. The Kier molecular flexibility index (Phi) is 6.71. The minimum Gasteiger partial charge on any atom is -0.497 e. The van der Waals surface area contributed by atoms with Crippen LogP contribution in [0.2, 0.25) is 0 Å². The molecule has 0 spiro atoms. The van der Waals surface area contributed by atoms with Gasteiger partial charge in [-0.05, 0) is 24.6 Å². The fraction of sp³-hybridized carbons (Fsp3) is 0.350. The largest absolute Gasteiger partial charge is 0.497 e. The second kappa shape index (κ2) is 9.42. The maximum atomic E-state index is 12.2. The van der Waals surface area contributed by atoms with Gasteiger partial charge < -0.3 is 20.1 Å². The van der Waals surface area contributed by atoms with Crippen LogP contribution in [0, 0.1) is 0 Å². The van der Waals surface area contributed by atoms with Crippen LogP contribution in [0.1, 0.15) is 19.0 Å². The van der Waals surface area contributed by atoms with Gasteiger partial charge in [0.05, 0.1) is 26.3 Å². The van der Waals surface area contributed by atoms with E-state index in [9.17, 15) is 9.59 Å². The van der Waals surface area contributed by atoms with Crippen molar-refractivity contribution >= 4 is 28.1 Å². The molecule has 0 saturated heterocycles. The van der Waals surface area contributed by atoms with Crippen LogP contribution < -0.4 is 20.1 Å². The molecule has 0 bridgehead atoms. The molecule has 3 rings (SSSR count). The Morgan fingerprint density at radius 1 is 1.17 bits per heavy atom. The zero-order valence-corrected chi connectivity index (χ0v) is 17.5. The number of methoxy groups -OCH3 is 2. The predicted molar refractivity (Wildman–Crippen MR) is 112 cm³/mol. The molecule has 29 heavy (non-hydrogen) atoms. The van der Waals surface area contributed by atoms with E-state index in [1.54, 1.807) is 14.2 Å². The molecule has 2 heterocycles. The molecule has 3 aromatic rings. The lowest BCUT2D eigenvalue weighted by Gasteiger charge is -2.08. The fourth-order valence-electron chi connectivity index (χ4n) is 2.91. The summed E-state index contributed by atoms with van der Waals surface area (Å²) in [5.41, 5.74) is 2.45. The van der Waals surface area contributed by atoms with Crippen molar-refractivity contribution in [1.82, 2.24) is 20.0 Å². The van der Waals surface area contributed by atoms with Crippen molar-refractivity contribution in [2.75, 3.05) is 27.3 Å². The van der Waals surface area contributed by atoms with Crippen molar-refractivity contribution in [3.8, 4) is 22.8 Å². The van der Waals surface area contributed by atoms with E-state index in [1.807, 2.05) is 34.2 Å². The van der Waals surface area contributed by atoms with Crippen LogP contribution in [0.4, 0.5) is 0 Å². The lowest BCUT2D eigenvalue weighted by atomic mass is 10.1. The number of benzene rings is 1. The Labute approximate surface area is 172 Å². The number of nitrogens with one attached hydrogen (secondary N) is 2. The number of nitrogens with zero attached hydrogens (tertiary/aromatic N) is 2. The van der Waals surface area contributed by atoms with Crippen molar-refractivity contribution in [3.05, 3.63) is 35.5 Å². The topological polar surface area (TPSA) is 94.0 Å². The van der Waals surface area contributed by atoms with E-state index in [0.717, 1.165) is 27.7 Å². The molecular weight excluding hydrogens is 392 g/mol. The maximum Gasteiger partial charge on any atom is 0.225 e. The molecule has 0 aliphatic heterocycles. The Hall–Kier alpha value is -3.07. The second-order valence-corrected chi connectivity index (χ2v) is 7.27. The zero-order chi connectivity index (χ0) is 20.8. The molecule has 2 amide bonds. The van der Waals surface area contributed by atoms with Crippen LogP contribution in [-0.2, 0) is 16.0 Å². The molecule has 2 aromatic heterocycles. The van der Waals surface area contributed by atoms with Gasteiger partial charge in [0, 0.05) is 42.8 Å². The number of hydrogen-bond acceptors (Lipinski definition) is 6. The molecule has 0 aliphatic carbocycles. The van der Waals surface area contributed by atoms with Gasteiger partial charge in [-0.25, -0.2) is 4.98 Å². The maximum absolute atomic E-state index is 12.2. The van der Waals surface area contributed by atoms with Gasteiger partial charge in [-0.3, -0.25) is 14.0 Å². The minimum atomic E-state index is -0.0689. The molecule has 0 fully saturated rings. The van der Waals surface area contributed by atoms with Gasteiger partial charge in [0.2, 0.25) is 11.8 Å². The Morgan fingerprint density at radius 3 is 2.69 bits per heavy atom. The Morgan fingerprint density at radius 2 is 1.97 bits per heavy atom. The average molecular weight is 417 g/mol. The highest BCUT2D eigenvalue weighted by Crippen LogP contribution is 2.34. The number of ether oxygens (including phenoxy) is 2. The number of aromatic nitrogens is 2. The number of hydrogen-bond donors (Lipinski definition) is 2. The molecular formula is C20H24N4O4S. The third-order valence-corrected chi connectivity index (χ3v) is 5.25. The first-order valence-corrected chi connectivity index (χ1v) is 10.1. The number of carbonyl (C=O) groups is 2. The molecule has 8 nitrogen and oxygen atoms in total. The summed E-state index contributed by atoms with van der Waals surface area (Å²) >= 11 is 1.48. The van der Waals surface area contributed by atoms with Gasteiger partial charge in [-0.15, -0.1) is 11.3 Å². The van der Waals surface area contributed by atoms with E-state index in [2.05, 4.69) is 15.6 Å². The van der Waals surface area contributed by atoms with E-state index < -0.39 is 0 Å². The highest BCUT2D eigenvalue weighted by molar-refractivity contribution is 7.15. The van der Waals surface area contributed by atoms with E-state index >= 15 is 0 Å². The van der Waals surface area contributed by atoms with Crippen LogP contribution in [0.5, 0.6) is 11.5 Å². The smallest absolute Gasteiger partial charge is 0.225 e. The highest BCUT2D eigenvalue weighted by atomic mass is 32.1. The van der Waals surface area contributed by atoms with E-state index in [0.29, 0.717) is 25.3 Å². The number of imidazole rings is 1. The normalized spacial score (nSPS) is 10.7. The van der Waals surface area contributed by atoms with Crippen LogP contribution in [0.3, 0.4) is 0 Å². The summed E-state index contributed by atoms with van der Waals surface area (Å²) in [5.74, 6) is 1.29. The van der Waals surface area contributed by atoms with E-state index in [1.165, 1.54) is 18.3 Å². The van der Waals surface area contributed by atoms with Gasteiger partial charge in [-0.1, -0.05) is 0 Å². The zero-order valence-electron chi connectivity index (χ0n) is 16.7. The molecule has 0 atom stereocenters. The van der Waals surface area contributed by atoms with E-state index in [-0.39, 0.29) is 18.2 Å². The van der Waals surface area contributed by atoms with Gasteiger partial charge in [0.1, 0.15) is 11.5 Å². The Bertz CT molecular complexity index is 1010. The SMILES string of the molecule is COc1ccc(OC)c(-c2cn3c(CC(=O)NCCCNC(C)=O)csc3n2)c1. The second-order valence-electron chi connectivity index (χ2n) is 6.44. The quantitative estimate of drug-likeness (QED) is 0.522. The monoisotopic (exact) mass is 416 g/mol. The Balaban J connectivity index is 1.70. The fourth-order valence-corrected chi connectivity index (χ4v) is 3.78. The highest BCUT2D eigenvalue weighted by Gasteiger charge is 2.15. The molecule has 154 valence electrons. The minimum absolute atomic E-state index is 0.0678. The lowest BCUT2D eigenvalue weighted by Crippen LogP contribution is -2.29.